The Morgan fingerprint density at radius 3 is 3.00 bits per heavy atom. The average Bonchev–Trinajstić information content (AvgIpc) is 2.37. The lowest BCUT2D eigenvalue weighted by atomic mass is 9.91. The van der Waals surface area contributed by atoms with Crippen molar-refractivity contribution in [1.29, 1.82) is 0 Å². The molecule has 0 saturated heterocycles. The molecule has 1 amide bonds. The highest BCUT2D eigenvalue weighted by Crippen LogP contribution is 2.37. The molecular formula is C10H10BFNO5-. The van der Waals surface area contributed by atoms with Crippen molar-refractivity contribution in [2.24, 2.45) is 0 Å². The van der Waals surface area contributed by atoms with Crippen LogP contribution in [0.25, 0.3) is 0 Å². The van der Waals surface area contributed by atoms with E-state index in [4.69, 9.17) is 9.39 Å². The van der Waals surface area contributed by atoms with E-state index in [0.29, 0.717) is 0 Å². The van der Waals surface area contributed by atoms with Gasteiger partial charge in [0.2, 0.25) is 5.91 Å². The molecule has 6 nitrogen and oxygen atoms in total. The van der Waals surface area contributed by atoms with Crippen LogP contribution in [0, 0.1) is 11.0 Å². The van der Waals surface area contributed by atoms with Crippen LogP contribution in [-0.2, 0) is 0 Å². The van der Waals surface area contributed by atoms with Gasteiger partial charge in [0.1, 0.15) is 6.51 Å². The highest BCUT2D eigenvalue weighted by atomic mass is 19.1. The second-order valence-corrected chi connectivity index (χ2v) is 3.64. The number of hydroxylamine groups is 2. The average molecular weight is 254 g/mol. The largest absolute Gasteiger partial charge is 0.756 e. The van der Waals surface area contributed by atoms with Crippen molar-refractivity contribution in [3.05, 3.63) is 28.7 Å². The summed E-state index contributed by atoms with van der Waals surface area (Å²) in [6.07, 6.45) is 0. The fraction of sp³-hybridized carbons (Fsp3) is 0.300. The molecule has 18 heavy (non-hydrogen) atoms. The van der Waals surface area contributed by atoms with Crippen LogP contribution in [0.15, 0.2) is 12.1 Å². The number of hydrogen-bond acceptors (Lipinski definition) is 5. The zero-order chi connectivity index (χ0) is 13.3. The van der Waals surface area contributed by atoms with Gasteiger partial charge in [-0.15, -0.1) is 0 Å². The van der Waals surface area contributed by atoms with E-state index in [1.807, 2.05) is 0 Å². The van der Waals surface area contributed by atoms with Crippen LogP contribution >= 0.6 is 0 Å². The summed E-state index contributed by atoms with van der Waals surface area (Å²) >= 11 is 0. The first-order chi connectivity index (χ1) is 8.54. The molecule has 8 heteroatoms. The maximum absolute atomic E-state index is 13.4. The second-order valence-electron chi connectivity index (χ2n) is 3.64. The van der Waals surface area contributed by atoms with Gasteiger partial charge >= 0.3 is 7.12 Å². The minimum Gasteiger partial charge on any atom is -0.756 e. The SMILES string of the molecule is CCN([O-])C(=O)c1ccc(F)c2c1OB(O)CO2. The molecule has 0 bridgehead atoms. The normalized spacial score (nSPS) is 13.4. The van der Waals surface area contributed by atoms with E-state index in [-0.39, 0.29) is 35.2 Å². The van der Waals surface area contributed by atoms with Gasteiger partial charge in [0.25, 0.3) is 0 Å². The van der Waals surface area contributed by atoms with E-state index >= 15 is 0 Å². The summed E-state index contributed by atoms with van der Waals surface area (Å²) < 4.78 is 23.3. The molecular weight excluding hydrogens is 244 g/mol. The first-order valence-corrected chi connectivity index (χ1v) is 5.33. The van der Waals surface area contributed by atoms with Gasteiger partial charge < -0.3 is 24.7 Å². The summed E-state index contributed by atoms with van der Waals surface area (Å²) in [6, 6.07) is 2.13. The van der Waals surface area contributed by atoms with Crippen LogP contribution in [0.4, 0.5) is 4.39 Å². The van der Waals surface area contributed by atoms with Crippen LogP contribution in [0.3, 0.4) is 0 Å². The van der Waals surface area contributed by atoms with Crippen LogP contribution < -0.4 is 9.39 Å². The number of nitrogens with zero attached hydrogens (tertiary/aromatic N) is 1. The van der Waals surface area contributed by atoms with E-state index in [1.54, 1.807) is 0 Å². The molecule has 96 valence electrons. The standard InChI is InChI=1S/C10H10BFNO5/c1-2-13(16)10(14)6-3-4-7(12)9-8(6)18-11(15)5-17-9/h3-4,15H,2,5H2,1H3/q-1. The van der Waals surface area contributed by atoms with Crippen molar-refractivity contribution in [2.45, 2.75) is 6.92 Å². The smallest absolute Gasteiger partial charge is 0.563 e. The Hall–Kier alpha value is -1.80. The maximum Gasteiger partial charge on any atom is 0.563 e. The number of carbonyl (C=O) groups is 1. The molecule has 0 aromatic heterocycles. The molecule has 1 aliphatic rings. The number of ether oxygens (including phenoxy) is 1. The van der Waals surface area contributed by atoms with E-state index in [0.717, 1.165) is 12.1 Å². The van der Waals surface area contributed by atoms with Crippen LogP contribution in [0.2, 0.25) is 0 Å². The Morgan fingerprint density at radius 1 is 1.61 bits per heavy atom. The van der Waals surface area contributed by atoms with Gasteiger partial charge in [-0.25, -0.2) is 4.39 Å². The fourth-order valence-corrected chi connectivity index (χ4v) is 1.56. The topological polar surface area (TPSA) is 82.1 Å². The van der Waals surface area contributed by atoms with E-state index in [2.05, 4.69) is 0 Å². The number of benzene rings is 1. The van der Waals surface area contributed by atoms with Gasteiger partial charge in [0, 0.05) is 6.54 Å². The van der Waals surface area contributed by atoms with Crippen molar-refractivity contribution in [2.75, 3.05) is 13.1 Å². The first-order valence-electron chi connectivity index (χ1n) is 5.33. The third kappa shape index (κ3) is 2.12. The molecule has 1 aromatic rings. The van der Waals surface area contributed by atoms with Crippen molar-refractivity contribution in [1.82, 2.24) is 5.06 Å². The quantitative estimate of drug-likeness (QED) is 0.616. The van der Waals surface area contributed by atoms with Crippen LogP contribution in [-0.4, -0.2) is 36.2 Å². The first kappa shape index (κ1) is 12.7. The Balaban J connectivity index is 2.46. The highest BCUT2D eigenvalue weighted by Gasteiger charge is 2.31. The van der Waals surface area contributed by atoms with E-state index < -0.39 is 18.8 Å². The van der Waals surface area contributed by atoms with E-state index in [9.17, 15) is 19.4 Å². The number of halogens is 1. The lowest BCUT2D eigenvalue weighted by molar-refractivity contribution is 0.0825. The predicted molar refractivity (Wildman–Crippen MR) is 60.6 cm³/mol. The predicted octanol–water partition coefficient (Wildman–Crippen LogP) is 0.576. The third-order valence-corrected chi connectivity index (χ3v) is 2.43. The van der Waals surface area contributed by atoms with Gasteiger partial charge in [-0.1, -0.05) is 0 Å². The molecule has 0 fully saturated rings. The van der Waals surface area contributed by atoms with Crippen molar-refractivity contribution >= 4 is 13.0 Å². The third-order valence-electron chi connectivity index (χ3n) is 2.43. The molecule has 0 spiro atoms. The van der Waals surface area contributed by atoms with Gasteiger partial charge in [0.15, 0.2) is 17.3 Å². The number of carbonyl (C=O) groups excluding carboxylic acids is 1. The number of fused-ring (bicyclic) bond motifs is 1. The van der Waals surface area contributed by atoms with Gasteiger partial charge in [0.05, 0.1) is 5.56 Å². The van der Waals surface area contributed by atoms with Crippen molar-refractivity contribution in [3.63, 3.8) is 0 Å². The monoisotopic (exact) mass is 254 g/mol. The van der Waals surface area contributed by atoms with Gasteiger partial charge in [-0.3, -0.25) is 4.79 Å². The molecule has 1 aliphatic heterocycles. The van der Waals surface area contributed by atoms with Crippen molar-refractivity contribution in [3.8, 4) is 11.5 Å². The van der Waals surface area contributed by atoms with E-state index in [1.165, 1.54) is 6.92 Å². The number of hydrogen-bond donors (Lipinski definition) is 1. The second kappa shape index (κ2) is 4.83. The maximum atomic E-state index is 13.4. The van der Waals surface area contributed by atoms with Gasteiger partial charge in [-0.2, -0.15) is 0 Å². The summed E-state index contributed by atoms with van der Waals surface area (Å²) in [5, 5.41) is 20.8. The molecule has 1 heterocycles. The number of amides is 1. The lowest BCUT2D eigenvalue weighted by Gasteiger charge is -2.29. The summed E-state index contributed by atoms with van der Waals surface area (Å²) in [5.74, 6) is -2.10. The lowest BCUT2D eigenvalue weighted by Crippen LogP contribution is -2.36. The molecule has 1 aromatic carbocycles. The minimum atomic E-state index is -1.30. The Kier molecular flexibility index (Phi) is 3.40. The zero-order valence-corrected chi connectivity index (χ0v) is 9.55. The fourth-order valence-electron chi connectivity index (χ4n) is 1.56. The molecule has 0 radical (unpaired) electrons. The summed E-state index contributed by atoms with van der Waals surface area (Å²) in [7, 11) is -1.30. The zero-order valence-electron chi connectivity index (χ0n) is 9.55. The Bertz CT molecular complexity index is 484. The van der Waals surface area contributed by atoms with Gasteiger partial charge in [-0.05, 0) is 19.1 Å². The summed E-state index contributed by atoms with van der Waals surface area (Å²) in [4.78, 5) is 11.7. The van der Waals surface area contributed by atoms with Crippen LogP contribution in [0.1, 0.15) is 17.3 Å². The molecule has 0 saturated carbocycles. The highest BCUT2D eigenvalue weighted by molar-refractivity contribution is 6.44. The molecule has 0 aliphatic carbocycles. The minimum absolute atomic E-state index is 0.0472. The molecule has 2 rings (SSSR count). The number of rotatable bonds is 2. The Labute approximate surface area is 103 Å². The Morgan fingerprint density at radius 2 is 2.33 bits per heavy atom. The summed E-state index contributed by atoms with van der Waals surface area (Å²) in [5.41, 5.74) is -0.137. The molecule has 0 atom stereocenters. The molecule has 0 unspecified atom stereocenters. The van der Waals surface area contributed by atoms with Crippen molar-refractivity contribution < 1.29 is 23.6 Å². The summed E-state index contributed by atoms with van der Waals surface area (Å²) in [6.45, 7) is 1.22. The van der Waals surface area contributed by atoms with Crippen LogP contribution in [0.5, 0.6) is 11.5 Å². The molecule has 1 N–H and O–H groups in total.